The number of carbonyl (C=O) groups is 2. The summed E-state index contributed by atoms with van der Waals surface area (Å²) in [5.74, 6) is 0.0645. The van der Waals surface area contributed by atoms with Crippen molar-refractivity contribution in [1.29, 1.82) is 0 Å². The van der Waals surface area contributed by atoms with Crippen molar-refractivity contribution in [2.75, 3.05) is 25.2 Å². The molecule has 0 aliphatic heterocycles. The predicted octanol–water partition coefficient (Wildman–Crippen LogP) is 4.08. The van der Waals surface area contributed by atoms with Gasteiger partial charge in [-0.3, -0.25) is 9.59 Å². The maximum absolute atomic E-state index is 12.6. The maximum Gasteiger partial charge on any atom is 0.256 e. The van der Waals surface area contributed by atoms with Crippen LogP contribution in [-0.4, -0.2) is 36.6 Å². The first kappa shape index (κ1) is 18.4. The van der Waals surface area contributed by atoms with E-state index in [4.69, 9.17) is 11.6 Å². The van der Waals surface area contributed by atoms with Crippen molar-refractivity contribution in [2.45, 2.75) is 11.8 Å². The number of nitrogens with one attached hydrogen (secondary N) is 1. The Morgan fingerprint density at radius 3 is 2.58 bits per heavy atom. The summed E-state index contributed by atoms with van der Waals surface area (Å²) in [5.41, 5.74) is 2.14. The first-order valence-corrected chi connectivity index (χ1v) is 8.74. The molecule has 0 spiro atoms. The molecule has 0 aliphatic rings. The quantitative estimate of drug-likeness (QED) is 0.815. The van der Waals surface area contributed by atoms with E-state index < -0.39 is 0 Å². The molecule has 2 rings (SSSR count). The molecule has 24 heavy (non-hydrogen) atoms. The van der Waals surface area contributed by atoms with E-state index in [0.717, 1.165) is 10.5 Å². The van der Waals surface area contributed by atoms with Gasteiger partial charge < -0.3 is 10.2 Å². The Morgan fingerprint density at radius 2 is 1.88 bits per heavy atom. The van der Waals surface area contributed by atoms with E-state index in [0.29, 0.717) is 16.3 Å². The minimum absolute atomic E-state index is 0.000830. The third-order valence-electron chi connectivity index (χ3n) is 3.43. The van der Waals surface area contributed by atoms with Crippen LogP contribution in [0.4, 0.5) is 5.69 Å². The van der Waals surface area contributed by atoms with E-state index in [1.54, 1.807) is 38.4 Å². The fourth-order valence-electron chi connectivity index (χ4n) is 1.97. The molecule has 126 valence electrons. The molecule has 0 atom stereocenters. The molecule has 0 unspecified atom stereocenters. The van der Waals surface area contributed by atoms with Gasteiger partial charge in [0.2, 0.25) is 5.91 Å². The Balaban J connectivity index is 2.17. The minimum atomic E-state index is -0.222. The molecule has 0 saturated carbocycles. The molecule has 0 aliphatic carbocycles. The number of thioether (sulfide) groups is 1. The largest absolute Gasteiger partial charge is 0.348 e. The van der Waals surface area contributed by atoms with Gasteiger partial charge >= 0.3 is 0 Å². The van der Waals surface area contributed by atoms with E-state index in [1.165, 1.54) is 16.7 Å². The van der Waals surface area contributed by atoms with Crippen LogP contribution in [0.15, 0.2) is 47.4 Å². The molecule has 0 heterocycles. The number of hydrogen-bond acceptors (Lipinski definition) is 3. The van der Waals surface area contributed by atoms with E-state index >= 15 is 0 Å². The number of anilines is 1. The third-order valence-corrected chi connectivity index (χ3v) is 4.72. The van der Waals surface area contributed by atoms with Crippen molar-refractivity contribution in [2.24, 2.45) is 0 Å². The molecule has 2 aromatic rings. The molecular formula is C18H19ClN2O2S. The van der Waals surface area contributed by atoms with E-state index in [1.807, 2.05) is 25.1 Å². The van der Waals surface area contributed by atoms with Gasteiger partial charge in [0.25, 0.3) is 5.91 Å². The number of carbonyl (C=O) groups excluding carboxylic acids is 2. The molecule has 0 bridgehead atoms. The average molecular weight is 363 g/mol. The Hall–Kier alpha value is -1.98. The van der Waals surface area contributed by atoms with Gasteiger partial charge in [0.1, 0.15) is 0 Å². The van der Waals surface area contributed by atoms with Crippen LogP contribution in [-0.2, 0) is 4.79 Å². The fourth-order valence-corrected chi connectivity index (χ4v) is 3.17. The summed E-state index contributed by atoms with van der Waals surface area (Å²) in [4.78, 5) is 26.7. The van der Waals surface area contributed by atoms with Gasteiger partial charge in [-0.2, -0.15) is 0 Å². The van der Waals surface area contributed by atoms with Gasteiger partial charge in [-0.25, -0.2) is 0 Å². The van der Waals surface area contributed by atoms with Crippen LogP contribution in [0.5, 0.6) is 0 Å². The zero-order chi connectivity index (χ0) is 17.7. The van der Waals surface area contributed by atoms with Gasteiger partial charge in [-0.05, 0) is 36.8 Å². The highest BCUT2D eigenvalue weighted by Gasteiger charge is 2.14. The van der Waals surface area contributed by atoms with Crippen LogP contribution in [0.1, 0.15) is 15.9 Å². The van der Waals surface area contributed by atoms with Crippen molar-refractivity contribution in [3.63, 3.8) is 0 Å². The van der Waals surface area contributed by atoms with Crippen LogP contribution in [0.25, 0.3) is 0 Å². The summed E-state index contributed by atoms with van der Waals surface area (Å²) in [5, 5.41) is 3.45. The van der Waals surface area contributed by atoms with Crippen LogP contribution in [0, 0.1) is 6.92 Å². The lowest BCUT2D eigenvalue weighted by atomic mass is 10.1. The van der Waals surface area contributed by atoms with Crippen molar-refractivity contribution >= 4 is 40.9 Å². The first-order valence-electron chi connectivity index (χ1n) is 7.38. The lowest BCUT2D eigenvalue weighted by Gasteiger charge is -2.13. The smallest absolute Gasteiger partial charge is 0.256 e. The molecule has 0 saturated heterocycles. The highest BCUT2D eigenvalue weighted by atomic mass is 35.5. The van der Waals surface area contributed by atoms with Crippen molar-refractivity contribution in [3.05, 3.63) is 58.6 Å². The highest BCUT2D eigenvalue weighted by Crippen LogP contribution is 2.25. The second-order valence-electron chi connectivity index (χ2n) is 5.49. The Labute approximate surface area is 151 Å². The summed E-state index contributed by atoms with van der Waals surface area (Å²) >= 11 is 7.35. The summed E-state index contributed by atoms with van der Waals surface area (Å²) in [7, 11) is 3.42. The molecule has 2 amide bonds. The van der Waals surface area contributed by atoms with Gasteiger partial charge in [0, 0.05) is 29.7 Å². The highest BCUT2D eigenvalue weighted by molar-refractivity contribution is 8.00. The molecule has 6 heteroatoms. The summed E-state index contributed by atoms with van der Waals surface area (Å²) < 4.78 is 0. The average Bonchev–Trinajstić information content (AvgIpc) is 2.56. The van der Waals surface area contributed by atoms with Crippen LogP contribution in [0.3, 0.4) is 0 Å². The van der Waals surface area contributed by atoms with Crippen molar-refractivity contribution < 1.29 is 9.59 Å². The van der Waals surface area contributed by atoms with Crippen LogP contribution in [0.2, 0.25) is 5.02 Å². The second kappa shape index (κ2) is 8.22. The van der Waals surface area contributed by atoms with E-state index in [2.05, 4.69) is 5.32 Å². The lowest BCUT2D eigenvalue weighted by Crippen LogP contribution is -2.23. The molecule has 2 aromatic carbocycles. The lowest BCUT2D eigenvalue weighted by molar-refractivity contribution is -0.125. The standard InChI is InChI=1S/C18H19ClN2O2S/c1-12-8-9-13(19)10-15(12)20-18(23)14-6-4-5-7-16(14)24-11-17(22)21(2)3/h4-10H,11H2,1-3H3,(H,20,23). The predicted molar refractivity (Wildman–Crippen MR) is 100 cm³/mol. The third kappa shape index (κ3) is 4.76. The Bertz CT molecular complexity index is 762. The zero-order valence-electron chi connectivity index (χ0n) is 13.8. The Kier molecular flexibility index (Phi) is 6.29. The number of nitrogens with zero attached hydrogens (tertiary/aromatic N) is 1. The van der Waals surface area contributed by atoms with Crippen LogP contribution < -0.4 is 5.32 Å². The van der Waals surface area contributed by atoms with Crippen molar-refractivity contribution in [3.8, 4) is 0 Å². The van der Waals surface area contributed by atoms with Gasteiger partial charge in [-0.15, -0.1) is 11.8 Å². The molecule has 1 N–H and O–H groups in total. The minimum Gasteiger partial charge on any atom is -0.348 e. The zero-order valence-corrected chi connectivity index (χ0v) is 15.4. The first-order chi connectivity index (χ1) is 11.4. The number of benzene rings is 2. The van der Waals surface area contributed by atoms with Crippen molar-refractivity contribution in [1.82, 2.24) is 4.90 Å². The number of halogens is 1. The SMILES string of the molecule is Cc1ccc(Cl)cc1NC(=O)c1ccccc1SCC(=O)N(C)C. The monoisotopic (exact) mass is 362 g/mol. The molecular weight excluding hydrogens is 344 g/mol. The molecule has 0 fully saturated rings. The van der Waals surface area contributed by atoms with Crippen LogP contribution >= 0.6 is 23.4 Å². The van der Waals surface area contributed by atoms with Gasteiger partial charge in [0.15, 0.2) is 0 Å². The molecule has 0 radical (unpaired) electrons. The number of rotatable bonds is 5. The van der Waals surface area contributed by atoms with Gasteiger partial charge in [-0.1, -0.05) is 29.8 Å². The topological polar surface area (TPSA) is 49.4 Å². The van der Waals surface area contributed by atoms with E-state index in [-0.39, 0.29) is 17.6 Å². The van der Waals surface area contributed by atoms with Gasteiger partial charge in [0.05, 0.1) is 11.3 Å². The number of hydrogen-bond donors (Lipinski definition) is 1. The summed E-state index contributed by atoms with van der Waals surface area (Å²) in [6, 6.07) is 12.6. The van der Waals surface area contributed by atoms with E-state index in [9.17, 15) is 9.59 Å². The maximum atomic E-state index is 12.6. The summed E-state index contributed by atoms with van der Waals surface area (Å²) in [6.07, 6.45) is 0. The second-order valence-corrected chi connectivity index (χ2v) is 6.94. The molecule has 4 nitrogen and oxygen atoms in total. The normalized spacial score (nSPS) is 10.3. The fraction of sp³-hybridized carbons (Fsp3) is 0.222. The molecule has 0 aromatic heterocycles. The number of aryl methyl sites for hydroxylation is 1. The Morgan fingerprint density at radius 1 is 1.17 bits per heavy atom. The number of amides is 2. The summed E-state index contributed by atoms with van der Waals surface area (Å²) in [6.45, 7) is 1.91.